The SMILES string of the molecule is Cc1ccc(C(=O)C2CN3CCN2CC3)cc1Cl. The van der Waals surface area contributed by atoms with E-state index in [9.17, 15) is 4.79 Å². The fourth-order valence-electron chi connectivity index (χ4n) is 2.80. The van der Waals surface area contributed by atoms with Crippen molar-refractivity contribution < 1.29 is 4.79 Å². The highest BCUT2D eigenvalue weighted by Gasteiger charge is 2.36. The lowest BCUT2D eigenvalue weighted by molar-refractivity contribution is 0.0159. The third kappa shape index (κ3) is 2.07. The molecule has 0 aromatic heterocycles. The average molecular weight is 265 g/mol. The molecule has 0 saturated carbocycles. The number of aryl methyl sites for hydroxylation is 1. The number of hydrogen-bond donors (Lipinski definition) is 0. The van der Waals surface area contributed by atoms with Gasteiger partial charge in [-0.15, -0.1) is 0 Å². The number of hydrogen-bond acceptors (Lipinski definition) is 3. The first-order valence-corrected chi connectivity index (χ1v) is 6.80. The van der Waals surface area contributed by atoms with E-state index in [0.717, 1.165) is 43.9 Å². The van der Waals surface area contributed by atoms with Crippen molar-refractivity contribution in [2.75, 3.05) is 32.7 Å². The van der Waals surface area contributed by atoms with Crippen LogP contribution in [0.15, 0.2) is 18.2 Å². The van der Waals surface area contributed by atoms with Crippen molar-refractivity contribution >= 4 is 17.4 Å². The van der Waals surface area contributed by atoms with E-state index < -0.39 is 0 Å². The van der Waals surface area contributed by atoms with Crippen LogP contribution in [0.4, 0.5) is 0 Å². The summed E-state index contributed by atoms with van der Waals surface area (Å²) in [5.41, 5.74) is 1.76. The van der Waals surface area contributed by atoms with Gasteiger partial charge in [0.25, 0.3) is 0 Å². The summed E-state index contributed by atoms with van der Waals surface area (Å²) in [5, 5.41) is 0.678. The predicted octanol–water partition coefficient (Wildman–Crippen LogP) is 1.83. The molecule has 1 aromatic rings. The molecule has 18 heavy (non-hydrogen) atoms. The number of benzene rings is 1. The molecule has 3 heterocycles. The van der Waals surface area contributed by atoms with Crippen LogP contribution in [0, 0.1) is 6.92 Å². The van der Waals surface area contributed by atoms with E-state index in [2.05, 4.69) is 9.80 Å². The van der Waals surface area contributed by atoms with Gasteiger partial charge in [0.1, 0.15) is 0 Å². The Labute approximate surface area is 112 Å². The number of nitrogens with zero attached hydrogens (tertiary/aromatic N) is 2. The lowest BCUT2D eigenvalue weighted by atomic mass is 9.97. The molecule has 1 aromatic carbocycles. The highest BCUT2D eigenvalue weighted by Crippen LogP contribution is 2.22. The standard InChI is InChI=1S/C14H17ClN2O/c1-10-2-3-11(8-12(10)15)14(18)13-9-16-4-6-17(13)7-5-16/h2-3,8,13H,4-7,9H2,1H3. The maximum Gasteiger partial charge on any atom is 0.181 e. The molecule has 0 spiro atoms. The first kappa shape index (κ1) is 12.2. The van der Waals surface area contributed by atoms with Gasteiger partial charge >= 0.3 is 0 Å². The van der Waals surface area contributed by atoms with Crippen molar-refractivity contribution in [1.29, 1.82) is 0 Å². The van der Waals surface area contributed by atoms with Gasteiger partial charge in [-0.25, -0.2) is 0 Å². The van der Waals surface area contributed by atoms with Crippen molar-refractivity contribution in [3.8, 4) is 0 Å². The van der Waals surface area contributed by atoms with E-state index >= 15 is 0 Å². The van der Waals surface area contributed by atoms with E-state index in [4.69, 9.17) is 11.6 Å². The summed E-state index contributed by atoms with van der Waals surface area (Å²) >= 11 is 6.10. The normalized spacial score (nSPS) is 30.4. The maximum atomic E-state index is 12.5. The summed E-state index contributed by atoms with van der Waals surface area (Å²) in [6, 6.07) is 5.64. The zero-order chi connectivity index (χ0) is 12.7. The van der Waals surface area contributed by atoms with Crippen molar-refractivity contribution in [2.45, 2.75) is 13.0 Å². The quantitative estimate of drug-likeness (QED) is 0.762. The zero-order valence-electron chi connectivity index (χ0n) is 10.5. The average Bonchev–Trinajstić information content (AvgIpc) is 2.42. The summed E-state index contributed by atoms with van der Waals surface area (Å²) in [6.45, 7) is 7.03. The molecule has 3 saturated heterocycles. The molecular weight excluding hydrogens is 248 g/mol. The number of carbonyl (C=O) groups is 1. The first-order chi connectivity index (χ1) is 8.65. The van der Waals surface area contributed by atoms with Gasteiger partial charge < -0.3 is 0 Å². The van der Waals surface area contributed by atoms with Gasteiger partial charge in [-0.3, -0.25) is 14.6 Å². The minimum atomic E-state index is 0.0197. The van der Waals surface area contributed by atoms with Crippen molar-refractivity contribution in [1.82, 2.24) is 9.80 Å². The molecule has 1 unspecified atom stereocenters. The molecule has 96 valence electrons. The van der Waals surface area contributed by atoms with E-state index in [-0.39, 0.29) is 11.8 Å². The van der Waals surface area contributed by atoms with E-state index in [0.29, 0.717) is 5.02 Å². The topological polar surface area (TPSA) is 23.6 Å². The van der Waals surface area contributed by atoms with Gasteiger partial charge in [0.15, 0.2) is 5.78 Å². The first-order valence-electron chi connectivity index (χ1n) is 6.42. The van der Waals surface area contributed by atoms with E-state index in [1.165, 1.54) is 0 Å². The molecule has 3 aliphatic heterocycles. The Morgan fingerprint density at radius 1 is 1.28 bits per heavy atom. The van der Waals surface area contributed by atoms with Gasteiger partial charge in [0.2, 0.25) is 0 Å². The lowest BCUT2D eigenvalue weighted by Gasteiger charge is -2.46. The summed E-state index contributed by atoms with van der Waals surface area (Å²) in [7, 11) is 0. The molecular formula is C14H17ClN2O. The van der Waals surface area contributed by atoms with Crippen LogP contribution in [0.2, 0.25) is 5.02 Å². The van der Waals surface area contributed by atoms with Crippen LogP contribution < -0.4 is 0 Å². The van der Waals surface area contributed by atoms with Crippen LogP contribution in [0.3, 0.4) is 0 Å². The highest BCUT2D eigenvalue weighted by atomic mass is 35.5. The molecule has 0 amide bonds. The second-order valence-electron chi connectivity index (χ2n) is 5.18. The maximum absolute atomic E-state index is 12.5. The molecule has 3 aliphatic rings. The Bertz CT molecular complexity index is 481. The second-order valence-corrected chi connectivity index (χ2v) is 5.59. The Hall–Kier alpha value is -0.900. The summed E-state index contributed by atoms with van der Waals surface area (Å²) in [6.07, 6.45) is 0. The van der Waals surface area contributed by atoms with Crippen molar-refractivity contribution in [2.24, 2.45) is 0 Å². The molecule has 0 N–H and O–H groups in total. The number of Topliss-reactive ketones (excluding diaryl/α,β-unsaturated/α-hetero) is 1. The number of halogens is 1. The number of ketones is 1. The number of piperazine rings is 3. The Morgan fingerprint density at radius 2 is 2.00 bits per heavy atom. The van der Waals surface area contributed by atoms with Gasteiger partial charge in [0, 0.05) is 43.3 Å². The third-order valence-electron chi connectivity index (χ3n) is 4.04. The van der Waals surface area contributed by atoms with Crippen LogP contribution >= 0.6 is 11.6 Å². The third-order valence-corrected chi connectivity index (χ3v) is 4.44. The van der Waals surface area contributed by atoms with E-state index in [1.54, 1.807) is 6.07 Å². The van der Waals surface area contributed by atoms with Gasteiger partial charge in [-0.1, -0.05) is 23.7 Å². The number of rotatable bonds is 2. The van der Waals surface area contributed by atoms with Crippen LogP contribution in [-0.2, 0) is 0 Å². The zero-order valence-corrected chi connectivity index (χ0v) is 11.3. The molecule has 2 bridgehead atoms. The molecule has 3 fully saturated rings. The Kier molecular flexibility index (Phi) is 3.14. The van der Waals surface area contributed by atoms with E-state index in [1.807, 2.05) is 19.1 Å². The predicted molar refractivity (Wildman–Crippen MR) is 72.3 cm³/mol. The molecule has 3 nitrogen and oxygen atoms in total. The van der Waals surface area contributed by atoms with Gasteiger partial charge in [0.05, 0.1) is 6.04 Å². The van der Waals surface area contributed by atoms with Crippen molar-refractivity contribution in [3.05, 3.63) is 34.3 Å². The van der Waals surface area contributed by atoms with Gasteiger partial charge in [-0.05, 0) is 18.6 Å². The van der Waals surface area contributed by atoms with Crippen LogP contribution in [-0.4, -0.2) is 54.3 Å². The molecule has 1 atom stereocenters. The fourth-order valence-corrected chi connectivity index (χ4v) is 2.99. The fraction of sp³-hybridized carbons (Fsp3) is 0.500. The number of carbonyl (C=O) groups excluding carboxylic acids is 1. The minimum Gasteiger partial charge on any atom is -0.299 e. The Balaban J connectivity index is 1.84. The summed E-state index contributed by atoms with van der Waals surface area (Å²) in [4.78, 5) is 17.2. The highest BCUT2D eigenvalue weighted by molar-refractivity contribution is 6.31. The number of fused-ring (bicyclic) bond motifs is 3. The second kappa shape index (κ2) is 4.65. The monoisotopic (exact) mass is 264 g/mol. The summed E-state index contributed by atoms with van der Waals surface area (Å²) < 4.78 is 0. The largest absolute Gasteiger partial charge is 0.299 e. The van der Waals surface area contributed by atoms with Crippen molar-refractivity contribution in [3.63, 3.8) is 0 Å². The molecule has 0 radical (unpaired) electrons. The lowest BCUT2D eigenvalue weighted by Crippen LogP contribution is -2.63. The summed E-state index contributed by atoms with van der Waals surface area (Å²) in [5.74, 6) is 0.210. The van der Waals surface area contributed by atoms with Crippen LogP contribution in [0.1, 0.15) is 15.9 Å². The Morgan fingerprint density at radius 3 is 2.56 bits per heavy atom. The smallest absolute Gasteiger partial charge is 0.181 e. The van der Waals surface area contributed by atoms with Crippen LogP contribution in [0.25, 0.3) is 0 Å². The van der Waals surface area contributed by atoms with Gasteiger partial charge in [-0.2, -0.15) is 0 Å². The molecule has 0 aliphatic carbocycles. The molecule has 4 rings (SSSR count). The molecule has 4 heteroatoms. The van der Waals surface area contributed by atoms with Crippen LogP contribution in [0.5, 0.6) is 0 Å². The minimum absolute atomic E-state index is 0.0197.